The van der Waals surface area contributed by atoms with Crippen molar-refractivity contribution in [3.8, 4) is 11.6 Å². The third kappa shape index (κ3) is 3.17. The highest BCUT2D eigenvalue weighted by molar-refractivity contribution is 7.71. The van der Waals surface area contributed by atoms with Crippen molar-refractivity contribution >= 4 is 18.1 Å². The van der Waals surface area contributed by atoms with Gasteiger partial charge in [0.25, 0.3) is 5.56 Å². The summed E-state index contributed by atoms with van der Waals surface area (Å²) in [6.07, 6.45) is 0.696. The molecule has 0 spiro atoms. The van der Waals surface area contributed by atoms with Crippen LogP contribution in [0.25, 0.3) is 5.69 Å². The van der Waals surface area contributed by atoms with Gasteiger partial charge in [0, 0.05) is 13.5 Å². The molecule has 7 heteroatoms. The fourth-order valence-electron chi connectivity index (χ4n) is 4.04. The number of carbonyl (C=O) groups excluding carboxylic acids is 1. The second kappa shape index (κ2) is 7.33. The fraction of sp³-hybridized carbons (Fsp3) is 0.227. The van der Waals surface area contributed by atoms with Crippen molar-refractivity contribution in [1.29, 1.82) is 0 Å². The summed E-state index contributed by atoms with van der Waals surface area (Å²) in [5.41, 5.74) is 3.08. The number of aromatic nitrogens is 2. The first-order chi connectivity index (χ1) is 13.9. The van der Waals surface area contributed by atoms with Gasteiger partial charge < -0.3 is 10.0 Å². The topological polar surface area (TPSA) is 78.3 Å². The van der Waals surface area contributed by atoms with E-state index >= 15 is 0 Å². The maximum Gasteiger partial charge on any atom is 0.261 e. The molecule has 1 aliphatic rings. The summed E-state index contributed by atoms with van der Waals surface area (Å²) >= 11 is 5.36. The van der Waals surface area contributed by atoms with Gasteiger partial charge in [-0.1, -0.05) is 42.5 Å². The second-order valence-corrected chi connectivity index (χ2v) is 7.57. The Hall–Kier alpha value is -3.19. The first kappa shape index (κ1) is 19.1. The van der Waals surface area contributed by atoms with Crippen LogP contribution in [0.1, 0.15) is 35.2 Å². The molecule has 0 bridgehead atoms. The molecule has 0 saturated carbocycles. The minimum absolute atomic E-state index is 0.101. The number of hydrogen-bond donors (Lipinski definition) is 2. The highest BCUT2D eigenvalue weighted by Crippen LogP contribution is 2.38. The van der Waals surface area contributed by atoms with Crippen molar-refractivity contribution in [3.05, 3.63) is 85.9 Å². The molecule has 0 radical (unpaired) electrons. The van der Waals surface area contributed by atoms with E-state index in [2.05, 4.69) is 4.98 Å². The number of hydrogen-bond acceptors (Lipinski definition) is 4. The van der Waals surface area contributed by atoms with E-state index in [0.29, 0.717) is 18.7 Å². The lowest BCUT2D eigenvalue weighted by atomic mass is 9.88. The number of fused-ring (bicyclic) bond motifs is 1. The monoisotopic (exact) mass is 407 g/mol. The van der Waals surface area contributed by atoms with Gasteiger partial charge >= 0.3 is 0 Å². The fourth-order valence-corrected chi connectivity index (χ4v) is 4.32. The van der Waals surface area contributed by atoms with Gasteiger partial charge in [0.1, 0.15) is 5.56 Å². The standard InChI is InChI=1S/C22H21N3O3S/c1-13-7-3-6-10-17(13)25-21(28)18(20(27)23-22(25)29)19-16-9-5-4-8-15(16)11-12-24(19)14(2)26/h3-10,19,28H,11-12H2,1-2H3,(H,23,27,29)/t19-/m1/s1. The summed E-state index contributed by atoms with van der Waals surface area (Å²) in [7, 11) is 0. The number of H-pyrrole nitrogens is 1. The molecule has 0 unspecified atom stereocenters. The summed E-state index contributed by atoms with van der Waals surface area (Å²) in [5.74, 6) is -0.408. The zero-order valence-electron chi connectivity index (χ0n) is 16.2. The van der Waals surface area contributed by atoms with Crippen LogP contribution >= 0.6 is 12.2 Å². The van der Waals surface area contributed by atoms with Gasteiger partial charge in [0.15, 0.2) is 4.77 Å². The molecule has 0 saturated heterocycles. The van der Waals surface area contributed by atoms with E-state index in [1.807, 2.05) is 55.5 Å². The van der Waals surface area contributed by atoms with Crippen LogP contribution in [0.3, 0.4) is 0 Å². The van der Waals surface area contributed by atoms with Crippen LogP contribution in [0.5, 0.6) is 5.88 Å². The Balaban J connectivity index is 2.04. The van der Waals surface area contributed by atoms with Crippen LogP contribution < -0.4 is 5.56 Å². The lowest BCUT2D eigenvalue weighted by Crippen LogP contribution is -2.41. The average Bonchev–Trinajstić information content (AvgIpc) is 2.69. The van der Waals surface area contributed by atoms with E-state index in [9.17, 15) is 14.7 Å². The Labute approximate surface area is 173 Å². The molecule has 1 aliphatic heterocycles. The highest BCUT2D eigenvalue weighted by atomic mass is 32.1. The van der Waals surface area contributed by atoms with Crippen molar-refractivity contribution in [2.75, 3.05) is 6.54 Å². The van der Waals surface area contributed by atoms with E-state index in [4.69, 9.17) is 12.2 Å². The number of aryl methyl sites for hydroxylation is 1. The zero-order chi connectivity index (χ0) is 20.7. The molecule has 0 aliphatic carbocycles. The van der Waals surface area contributed by atoms with Crippen LogP contribution in [0.4, 0.5) is 0 Å². The number of rotatable bonds is 2. The Morgan fingerprint density at radius 3 is 2.59 bits per heavy atom. The molecule has 2 heterocycles. The number of nitrogens with one attached hydrogen (secondary N) is 1. The Morgan fingerprint density at radius 1 is 1.17 bits per heavy atom. The van der Waals surface area contributed by atoms with E-state index in [1.165, 1.54) is 11.5 Å². The summed E-state index contributed by atoms with van der Waals surface area (Å²) in [6, 6.07) is 14.5. The lowest BCUT2D eigenvalue weighted by molar-refractivity contribution is -0.130. The molecular weight excluding hydrogens is 386 g/mol. The smallest absolute Gasteiger partial charge is 0.261 e. The number of para-hydroxylation sites is 1. The molecule has 6 nitrogen and oxygen atoms in total. The molecular formula is C22H21N3O3S. The van der Waals surface area contributed by atoms with Crippen LogP contribution in [0.15, 0.2) is 53.3 Å². The van der Waals surface area contributed by atoms with E-state index in [0.717, 1.165) is 16.7 Å². The quantitative estimate of drug-likeness (QED) is 0.638. The molecule has 29 heavy (non-hydrogen) atoms. The Kier molecular flexibility index (Phi) is 4.84. The molecule has 0 fully saturated rings. The third-order valence-electron chi connectivity index (χ3n) is 5.44. The molecule has 3 aromatic rings. The molecule has 2 N–H and O–H groups in total. The number of nitrogens with zero attached hydrogens (tertiary/aromatic N) is 2. The SMILES string of the molecule is CC(=O)N1CCc2ccccc2[C@@H]1c1c(O)n(-c2ccccc2C)c(=S)[nH]c1=O. The van der Waals surface area contributed by atoms with Crippen molar-refractivity contribution in [1.82, 2.24) is 14.5 Å². The van der Waals surface area contributed by atoms with Gasteiger partial charge in [-0.15, -0.1) is 0 Å². The molecule has 1 amide bonds. The maximum absolute atomic E-state index is 13.0. The average molecular weight is 407 g/mol. The molecule has 2 aromatic carbocycles. The normalized spacial score (nSPS) is 15.8. The van der Waals surface area contributed by atoms with Gasteiger partial charge in [0.2, 0.25) is 11.8 Å². The van der Waals surface area contributed by atoms with Gasteiger partial charge in [-0.25, -0.2) is 0 Å². The van der Waals surface area contributed by atoms with Gasteiger partial charge in [-0.05, 0) is 48.3 Å². The second-order valence-electron chi connectivity index (χ2n) is 7.18. The highest BCUT2D eigenvalue weighted by Gasteiger charge is 2.35. The van der Waals surface area contributed by atoms with E-state index in [1.54, 1.807) is 4.90 Å². The third-order valence-corrected chi connectivity index (χ3v) is 5.72. The number of carbonyl (C=O) groups is 1. The summed E-state index contributed by atoms with van der Waals surface area (Å²) in [4.78, 5) is 29.7. The molecule has 1 atom stereocenters. The summed E-state index contributed by atoms with van der Waals surface area (Å²) in [6.45, 7) is 3.85. The largest absolute Gasteiger partial charge is 0.494 e. The van der Waals surface area contributed by atoms with Crippen molar-refractivity contribution in [3.63, 3.8) is 0 Å². The first-order valence-electron chi connectivity index (χ1n) is 9.39. The minimum Gasteiger partial charge on any atom is -0.494 e. The van der Waals surface area contributed by atoms with Crippen molar-refractivity contribution in [2.24, 2.45) is 0 Å². The summed E-state index contributed by atoms with van der Waals surface area (Å²) < 4.78 is 1.56. The maximum atomic E-state index is 13.0. The predicted octanol–water partition coefficient (Wildman–Crippen LogP) is 3.40. The number of benzene rings is 2. The number of aromatic amines is 1. The molecule has 4 rings (SSSR count). The van der Waals surface area contributed by atoms with Gasteiger partial charge in [-0.2, -0.15) is 0 Å². The van der Waals surface area contributed by atoms with Crippen LogP contribution in [0, 0.1) is 11.7 Å². The summed E-state index contributed by atoms with van der Waals surface area (Å²) in [5, 5.41) is 11.2. The van der Waals surface area contributed by atoms with Crippen molar-refractivity contribution < 1.29 is 9.90 Å². The van der Waals surface area contributed by atoms with Gasteiger partial charge in [-0.3, -0.25) is 19.1 Å². The molecule has 148 valence electrons. The van der Waals surface area contributed by atoms with E-state index in [-0.39, 0.29) is 22.1 Å². The van der Waals surface area contributed by atoms with Crippen LogP contribution in [-0.4, -0.2) is 32.0 Å². The van der Waals surface area contributed by atoms with E-state index < -0.39 is 11.6 Å². The lowest BCUT2D eigenvalue weighted by Gasteiger charge is -2.37. The minimum atomic E-state index is -0.688. The zero-order valence-corrected chi connectivity index (χ0v) is 17.0. The number of aromatic hydroxyl groups is 1. The molecule has 1 aromatic heterocycles. The number of amides is 1. The van der Waals surface area contributed by atoms with Gasteiger partial charge in [0.05, 0.1) is 11.7 Å². The van der Waals surface area contributed by atoms with Crippen LogP contribution in [-0.2, 0) is 11.2 Å². The Bertz CT molecular complexity index is 1230. The van der Waals surface area contributed by atoms with Crippen molar-refractivity contribution in [2.45, 2.75) is 26.3 Å². The first-order valence-corrected chi connectivity index (χ1v) is 9.80. The van der Waals surface area contributed by atoms with Crippen LogP contribution in [0.2, 0.25) is 0 Å². The predicted molar refractivity (Wildman–Crippen MR) is 113 cm³/mol. The Morgan fingerprint density at radius 2 is 1.86 bits per heavy atom.